The SMILES string of the molecule is Cc1cnc(NC(=O)CC[C@@H]2C/C(=N\OC(N)=O)[C@@]3(C)CCC4c5cc(Br)c(O)c(Br)c5CCC4C23)s1. The number of hydrogen-bond donors (Lipinski definition) is 3. The molecule has 8 nitrogen and oxygen atoms in total. The summed E-state index contributed by atoms with van der Waals surface area (Å²) in [6.45, 7) is 4.19. The third-order valence-corrected chi connectivity index (χ3v) is 10.9. The topological polar surface area (TPSA) is 127 Å². The normalized spacial score (nSPS) is 29.4. The highest BCUT2D eigenvalue weighted by Crippen LogP contribution is 2.63. The van der Waals surface area contributed by atoms with E-state index >= 15 is 0 Å². The molecular formula is C26H30Br2N4O4S. The molecule has 3 unspecified atom stereocenters. The fourth-order valence-corrected chi connectivity index (χ4v) is 9.17. The number of rotatable bonds is 5. The number of carbonyl (C=O) groups is 2. The molecule has 11 heteroatoms. The minimum absolute atomic E-state index is 0.0421. The lowest BCUT2D eigenvalue weighted by Crippen LogP contribution is -2.44. The first-order chi connectivity index (χ1) is 17.6. The third-order valence-electron chi connectivity index (χ3n) is 8.62. The molecule has 5 atom stereocenters. The zero-order valence-electron chi connectivity index (χ0n) is 20.7. The van der Waals surface area contributed by atoms with Gasteiger partial charge in [0.15, 0.2) is 5.13 Å². The van der Waals surface area contributed by atoms with Gasteiger partial charge in [0.1, 0.15) is 5.75 Å². The number of aromatic hydroxyl groups is 1. The molecule has 2 amide bonds. The monoisotopic (exact) mass is 652 g/mol. The second-order valence-corrected chi connectivity index (χ2v) is 13.5. The van der Waals surface area contributed by atoms with Crippen LogP contribution in [0.3, 0.4) is 0 Å². The van der Waals surface area contributed by atoms with E-state index in [1.807, 2.05) is 6.92 Å². The summed E-state index contributed by atoms with van der Waals surface area (Å²) in [5.74, 6) is 1.46. The molecule has 4 N–H and O–H groups in total. The van der Waals surface area contributed by atoms with Gasteiger partial charge < -0.3 is 16.2 Å². The molecule has 198 valence electrons. The Balaban J connectivity index is 1.42. The van der Waals surface area contributed by atoms with Gasteiger partial charge in [0, 0.05) is 22.9 Å². The van der Waals surface area contributed by atoms with Crippen LogP contribution in [0.25, 0.3) is 0 Å². The smallest absolute Gasteiger partial charge is 0.430 e. The van der Waals surface area contributed by atoms with E-state index in [1.54, 1.807) is 6.20 Å². The molecule has 0 saturated heterocycles. The Morgan fingerprint density at radius 3 is 2.86 bits per heavy atom. The number of nitrogens with one attached hydrogen (secondary N) is 1. The number of aryl methyl sites for hydroxylation is 1. The van der Waals surface area contributed by atoms with E-state index < -0.39 is 6.09 Å². The maximum absolute atomic E-state index is 12.8. The number of thiazole rings is 1. The number of aromatic nitrogens is 1. The van der Waals surface area contributed by atoms with Crippen LogP contribution in [0, 0.1) is 30.1 Å². The van der Waals surface area contributed by atoms with Gasteiger partial charge in [-0.15, -0.1) is 11.3 Å². The molecule has 1 heterocycles. The molecule has 3 aliphatic rings. The van der Waals surface area contributed by atoms with Gasteiger partial charge in [-0.25, -0.2) is 9.78 Å². The number of oxime groups is 1. The van der Waals surface area contributed by atoms with Crippen molar-refractivity contribution in [1.29, 1.82) is 0 Å². The average molecular weight is 654 g/mol. The molecule has 3 aliphatic carbocycles. The fraction of sp³-hybridized carbons (Fsp3) is 0.538. The van der Waals surface area contributed by atoms with E-state index in [1.165, 1.54) is 22.5 Å². The number of primary amides is 1. The minimum atomic E-state index is -0.913. The van der Waals surface area contributed by atoms with Crippen LogP contribution in [0.15, 0.2) is 26.4 Å². The first-order valence-electron chi connectivity index (χ1n) is 12.5. The van der Waals surface area contributed by atoms with Crippen molar-refractivity contribution in [2.45, 2.75) is 64.7 Å². The number of phenols is 1. The zero-order chi connectivity index (χ0) is 26.5. The maximum atomic E-state index is 12.8. The summed E-state index contributed by atoms with van der Waals surface area (Å²) in [5, 5.41) is 18.2. The van der Waals surface area contributed by atoms with Crippen LogP contribution >= 0.6 is 43.2 Å². The molecule has 2 saturated carbocycles. The Bertz CT molecular complexity index is 1280. The molecule has 0 spiro atoms. The van der Waals surface area contributed by atoms with Crippen LogP contribution in [0.2, 0.25) is 0 Å². The van der Waals surface area contributed by atoms with Crippen LogP contribution in [0.4, 0.5) is 9.93 Å². The number of nitrogens with two attached hydrogens (primary N) is 1. The Hall–Kier alpha value is -1.98. The predicted molar refractivity (Wildman–Crippen MR) is 150 cm³/mol. The van der Waals surface area contributed by atoms with E-state index in [0.29, 0.717) is 40.7 Å². The van der Waals surface area contributed by atoms with Gasteiger partial charge in [0.2, 0.25) is 5.91 Å². The van der Waals surface area contributed by atoms with E-state index in [-0.39, 0.29) is 28.9 Å². The van der Waals surface area contributed by atoms with E-state index in [0.717, 1.165) is 40.7 Å². The summed E-state index contributed by atoms with van der Waals surface area (Å²) in [6.07, 6.45) is 6.35. The standard InChI is InChI=1S/C26H30Br2N4O4S/c1-12-11-30-25(37-12)31-20(33)6-3-13-9-19(32-36-24(29)35)26(2)8-7-14-15(21(13)26)4-5-16-17(14)10-18(27)23(34)22(16)28/h10-11,13-15,21,34H,3-9H2,1-2H3,(H2,29,35)(H,30,31,33)/b32-19+/t13-,14?,15?,21?,26-/m1/s1. The van der Waals surface area contributed by atoms with Crippen LogP contribution < -0.4 is 11.1 Å². The van der Waals surface area contributed by atoms with Crippen molar-refractivity contribution in [3.05, 3.63) is 37.2 Å². The van der Waals surface area contributed by atoms with Crippen molar-refractivity contribution in [3.63, 3.8) is 0 Å². The number of hydrogen-bond acceptors (Lipinski definition) is 7. The molecule has 1 aromatic carbocycles. The molecule has 0 radical (unpaired) electrons. The largest absolute Gasteiger partial charge is 0.506 e. The summed E-state index contributed by atoms with van der Waals surface area (Å²) in [6, 6.07) is 2.08. The fourth-order valence-electron chi connectivity index (χ4n) is 7.14. The number of fused-ring (bicyclic) bond motifs is 5. The lowest BCUT2D eigenvalue weighted by Gasteiger charge is -2.50. The van der Waals surface area contributed by atoms with Gasteiger partial charge in [-0.3, -0.25) is 9.63 Å². The lowest BCUT2D eigenvalue weighted by molar-refractivity contribution is -0.116. The molecule has 2 aromatic rings. The van der Waals surface area contributed by atoms with Gasteiger partial charge in [-0.05, 0) is 118 Å². The molecule has 0 bridgehead atoms. The Morgan fingerprint density at radius 2 is 2.16 bits per heavy atom. The van der Waals surface area contributed by atoms with Crippen LogP contribution in [0.1, 0.15) is 67.4 Å². The Kier molecular flexibility index (Phi) is 7.41. The number of amides is 2. The van der Waals surface area contributed by atoms with Crippen molar-refractivity contribution in [1.82, 2.24) is 4.98 Å². The summed E-state index contributed by atoms with van der Waals surface area (Å²) in [4.78, 5) is 34.4. The Labute approximate surface area is 236 Å². The van der Waals surface area contributed by atoms with Crippen LogP contribution in [-0.2, 0) is 16.1 Å². The average Bonchev–Trinajstić information content (AvgIpc) is 3.39. The van der Waals surface area contributed by atoms with E-state index in [2.05, 4.69) is 60.3 Å². The summed E-state index contributed by atoms with van der Waals surface area (Å²) < 4.78 is 1.47. The predicted octanol–water partition coefficient (Wildman–Crippen LogP) is 6.63. The highest BCUT2D eigenvalue weighted by atomic mass is 79.9. The van der Waals surface area contributed by atoms with Crippen LogP contribution in [0.5, 0.6) is 5.75 Å². The summed E-state index contributed by atoms with van der Waals surface area (Å²) >= 11 is 8.61. The number of phenolic OH excluding ortho intramolecular Hbond substituents is 1. The molecule has 0 aliphatic heterocycles. The quantitative estimate of drug-likeness (QED) is 0.246. The second-order valence-electron chi connectivity index (χ2n) is 10.7. The first-order valence-corrected chi connectivity index (χ1v) is 14.9. The number of anilines is 1. The lowest BCUT2D eigenvalue weighted by atomic mass is 9.54. The first kappa shape index (κ1) is 26.6. The van der Waals surface area contributed by atoms with Gasteiger partial charge in [-0.1, -0.05) is 12.1 Å². The number of nitrogens with zero attached hydrogens (tertiary/aromatic N) is 2. The number of halogens is 2. The highest BCUT2D eigenvalue weighted by molar-refractivity contribution is 9.11. The van der Waals surface area contributed by atoms with Gasteiger partial charge in [0.25, 0.3) is 0 Å². The maximum Gasteiger partial charge on any atom is 0.430 e. The highest BCUT2D eigenvalue weighted by Gasteiger charge is 2.58. The van der Waals surface area contributed by atoms with E-state index in [9.17, 15) is 14.7 Å². The third kappa shape index (κ3) is 4.94. The second kappa shape index (κ2) is 10.3. The van der Waals surface area contributed by atoms with Crippen molar-refractivity contribution in [2.75, 3.05) is 5.32 Å². The number of benzene rings is 1. The molecule has 37 heavy (non-hydrogen) atoms. The van der Waals surface area contributed by atoms with Gasteiger partial charge in [0.05, 0.1) is 14.7 Å². The minimum Gasteiger partial charge on any atom is -0.506 e. The molecular weight excluding hydrogens is 624 g/mol. The molecule has 5 rings (SSSR count). The zero-order valence-corrected chi connectivity index (χ0v) is 24.7. The summed E-state index contributed by atoms with van der Waals surface area (Å²) in [5.41, 5.74) is 8.34. The van der Waals surface area contributed by atoms with Crippen LogP contribution in [-0.4, -0.2) is 27.8 Å². The van der Waals surface area contributed by atoms with Gasteiger partial charge >= 0.3 is 6.09 Å². The van der Waals surface area contributed by atoms with Crippen molar-refractivity contribution >= 4 is 66.0 Å². The van der Waals surface area contributed by atoms with Gasteiger partial charge in [-0.2, -0.15) is 0 Å². The number of carbonyl (C=O) groups excluding carboxylic acids is 2. The van der Waals surface area contributed by atoms with Crippen molar-refractivity contribution in [2.24, 2.45) is 34.1 Å². The van der Waals surface area contributed by atoms with Crippen molar-refractivity contribution < 1.29 is 19.5 Å². The molecule has 2 fully saturated rings. The van der Waals surface area contributed by atoms with Crippen molar-refractivity contribution in [3.8, 4) is 5.75 Å². The molecule has 1 aromatic heterocycles. The summed E-state index contributed by atoms with van der Waals surface area (Å²) in [7, 11) is 0. The van der Waals surface area contributed by atoms with E-state index in [4.69, 9.17) is 10.6 Å². The Morgan fingerprint density at radius 1 is 1.38 bits per heavy atom.